The minimum Gasteiger partial charge on any atom is -0.342 e. The summed E-state index contributed by atoms with van der Waals surface area (Å²) in [4.78, 5) is 40.7. The molecule has 25 heavy (non-hydrogen) atoms. The van der Waals surface area contributed by atoms with E-state index in [1.807, 2.05) is 44.2 Å². The number of anilines is 1. The fourth-order valence-corrected chi connectivity index (χ4v) is 3.34. The van der Waals surface area contributed by atoms with Gasteiger partial charge < -0.3 is 20.4 Å². The number of fused-ring (bicyclic) bond motifs is 1. The number of amides is 4. The number of piperazine rings is 2. The molecule has 134 valence electrons. The highest BCUT2D eigenvalue weighted by Crippen LogP contribution is 2.20. The third-order valence-electron chi connectivity index (χ3n) is 4.60. The number of nitrogens with zero attached hydrogens (tertiary/aromatic N) is 2. The minimum atomic E-state index is -0.605. The molecule has 2 saturated heterocycles. The minimum absolute atomic E-state index is 0.0404. The van der Waals surface area contributed by atoms with Gasteiger partial charge in [0.25, 0.3) is 0 Å². The molecule has 0 unspecified atom stereocenters. The summed E-state index contributed by atoms with van der Waals surface area (Å²) in [5.41, 5.74) is 0.705. The number of carbonyl (C=O) groups excluding carboxylic acids is 3. The second kappa shape index (κ2) is 7.13. The first-order valence-electron chi connectivity index (χ1n) is 8.67. The van der Waals surface area contributed by atoms with E-state index in [-0.39, 0.29) is 24.4 Å². The maximum Gasteiger partial charge on any atom is 0.321 e. The monoisotopic (exact) mass is 344 g/mol. The van der Waals surface area contributed by atoms with Gasteiger partial charge >= 0.3 is 6.03 Å². The molecule has 2 atom stereocenters. The van der Waals surface area contributed by atoms with E-state index in [9.17, 15) is 14.4 Å². The van der Waals surface area contributed by atoms with Crippen LogP contribution in [0, 0.1) is 5.92 Å². The van der Waals surface area contributed by atoms with E-state index in [1.54, 1.807) is 9.80 Å². The van der Waals surface area contributed by atoms with Gasteiger partial charge in [0.2, 0.25) is 11.8 Å². The molecule has 7 nitrogen and oxygen atoms in total. The molecule has 4 amide bonds. The quantitative estimate of drug-likeness (QED) is 0.866. The maximum absolute atomic E-state index is 12.6. The summed E-state index contributed by atoms with van der Waals surface area (Å²) in [5, 5.41) is 5.64. The summed E-state index contributed by atoms with van der Waals surface area (Å²) in [6.45, 7) is 5.07. The summed E-state index contributed by atoms with van der Waals surface area (Å²) in [6, 6.07) is 7.86. The topological polar surface area (TPSA) is 81.8 Å². The fourth-order valence-electron chi connectivity index (χ4n) is 3.34. The van der Waals surface area contributed by atoms with Gasteiger partial charge in [-0.2, -0.15) is 0 Å². The smallest absolute Gasteiger partial charge is 0.321 e. The zero-order valence-electron chi connectivity index (χ0n) is 14.6. The molecular weight excluding hydrogens is 320 g/mol. The average Bonchev–Trinajstić information content (AvgIpc) is 2.59. The van der Waals surface area contributed by atoms with Crippen molar-refractivity contribution in [3.8, 4) is 0 Å². The Morgan fingerprint density at radius 3 is 2.64 bits per heavy atom. The summed E-state index contributed by atoms with van der Waals surface area (Å²) < 4.78 is 0. The van der Waals surface area contributed by atoms with Crippen molar-refractivity contribution >= 4 is 23.5 Å². The van der Waals surface area contributed by atoms with Crippen LogP contribution in [0.4, 0.5) is 10.5 Å². The standard InChI is InChI=1S/C18H24N4O3/c1-12(2)10-14-17(24)22-9-8-21(11-15(22)16(23)20-14)18(25)19-13-6-4-3-5-7-13/h3-7,12,14-15H,8-11H2,1-2H3,(H,19,25)(H,20,23)/t14-,15-/m1/s1. The van der Waals surface area contributed by atoms with E-state index in [2.05, 4.69) is 10.6 Å². The normalized spacial score (nSPS) is 23.3. The second-order valence-electron chi connectivity index (χ2n) is 6.98. The number of hydrogen-bond acceptors (Lipinski definition) is 3. The van der Waals surface area contributed by atoms with Crippen molar-refractivity contribution in [3.05, 3.63) is 30.3 Å². The Balaban J connectivity index is 1.64. The Kier molecular flexibility index (Phi) is 4.92. The Morgan fingerprint density at radius 1 is 1.24 bits per heavy atom. The van der Waals surface area contributed by atoms with Crippen LogP contribution in [-0.4, -0.2) is 59.4 Å². The molecule has 0 bridgehead atoms. The average molecular weight is 344 g/mol. The van der Waals surface area contributed by atoms with E-state index < -0.39 is 12.1 Å². The van der Waals surface area contributed by atoms with Crippen LogP contribution < -0.4 is 10.6 Å². The second-order valence-corrected chi connectivity index (χ2v) is 6.98. The number of rotatable bonds is 3. The Labute approximate surface area is 147 Å². The van der Waals surface area contributed by atoms with Crippen molar-refractivity contribution in [2.75, 3.05) is 25.0 Å². The van der Waals surface area contributed by atoms with Crippen LogP contribution >= 0.6 is 0 Å². The molecule has 0 radical (unpaired) electrons. The predicted octanol–water partition coefficient (Wildman–Crippen LogP) is 1.28. The molecule has 1 aromatic carbocycles. The number of carbonyl (C=O) groups is 3. The van der Waals surface area contributed by atoms with Crippen LogP contribution in [-0.2, 0) is 9.59 Å². The zero-order chi connectivity index (χ0) is 18.0. The molecule has 0 aromatic heterocycles. The molecule has 2 N–H and O–H groups in total. The van der Waals surface area contributed by atoms with E-state index in [0.29, 0.717) is 31.1 Å². The van der Waals surface area contributed by atoms with Crippen molar-refractivity contribution < 1.29 is 14.4 Å². The fraction of sp³-hybridized carbons (Fsp3) is 0.500. The molecule has 2 aliphatic rings. The van der Waals surface area contributed by atoms with E-state index in [0.717, 1.165) is 0 Å². The van der Waals surface area contributed by atoms with Crippen LogP contribution in [0.15, 0.2) is 30.3 Å². The van der Waals surface area contributed by atoms with Gasteiger partial charge in [0.1, 0.15) is 12.1 Å². The van der Waals surface area contributed by atoms with Gasteiger partial charge in [-0.25, -0.2) is 4.79 Å². The van der Waals surface area contributed by atoms with Crippen molar-refractivity contribution in [2.45, 2.75) is 32.4 Å². The van der Waals surface area contributed by atoms with Crippen molar-refractivity contribution in [2.24, 2.45) is 5.92 Å². The molecular formula is C18H24N4O3. The number of urea groups is 1. The van der Waals surface area contributed by atoms with Crippen molar-refractivity contribution in [3.63, 3.8) is 0 Å². The van der Waals surface area contributed by atoms with Crippen LogP contribution in [0.2, 0.25) is 0 Å². The first-order valence-corrected chi connectivity index (χ1v) is 8.67. The highest BCUT2D eigenvalue weighted by atomic mass is 16.2. The Bertz CT molecular complexity index is 662. The largest absolute Gasteiger partial charge is 0.342 e. The first-order chi connectivity index (χ1) is 12.0. The molecule has 7 heteroatoms. The summed E-state index contributed by atoms with van der Waals surface area (Å²) in [6.07, 6.45) is 0.631. The lowest BCUT2D eigenvalue weighted by Crippen LogP contribution is -2.70. The summed E-state index contributed by atoms with van der Waals surface area (Å²) in [7, 11) is 0. The summed E-state index contributed by atoms with van der Waals surface area (Å²) >= 11 is 0. The summed E-state index contributed by atoms with van der Waals surface area (Å²) in [5.74, 6) is 0.104. The van der Waals surface area contributed by atoms with Gasteiger partial charge in [0.15, 0.2) is 0 Å². The van der Waals surface area contributed by atoms with E-state index in [1.165, 1.54) is 0 Å². The first kappa shape index (κ1) is 17.3. The third-order valence-corrected chi connectivity index (χ3v) is 4.60. The lowest BCUT2D eigenvalue weighted by atomic mass is 9.97. The Morgan fingerprint density at radius 2 is 1.96 bits per heavy atom. The highest BCUT2D eigenvalue weighted by Gasteiger charge is 2.44. The molecule has 0 aliphatic carbocycles. The van der Waals surface area contributed by atoms with Gasteiger partial charge in [0, 0.05) is 18.8 Å². The molecule has 3 rings (SSSR count). The third kappa shape index (κ3) is 3.75. The van der Waals surface area contributed by atoms with Crippen molar-refractivity contribution in [1.82, 2.24) is 15.1 Å². The van der Waals surface area contributed by atoms with Gasteiger partial charge in [-0.3, -0.25) is 9.59 Å². The van der Waals surface area contributed by atoms with Crippen LogP contribution in [0.5, 0.6) is 0 Å². The zero-order valence-corrected chi connectivity index (χ0v) is 14.6. The van der Waals surface area contributed by atoms with Crippen LogP contribution in [0.3, 0.4) is 0 Å². The van der Waals surface area contributed by atoms with Gasteiger partial charge in [-0.05, 0) is 24.5 Å². The molecule has 2 aliphatic heterocycles. The van der Waals surface area contributed by atoms with Gasteiger partial charge in [-0.1, -0.05) is 32.0 Å². The lowest BCUT2D eigenvalue weighted by molar-refractivity contribution is -0.152. The molecule has 0 spiro atoms. The van der Waals surface area contributed by atoms with Crippen LogP contribution in [0.25, 0.3) is 0 Å². The number of para-hydroxylation sites is 1. The number of benzene rings is 1. The number of hydrogen-bond donors (Lipinski definition) is 2. The van der Waals surface area contributed by atoms with E-state index >= 15 is 0 Å². The molecule has 1 aromatic rings. The van der Waals surface area contributed by atoms with Crippen LogP contribution in [0.1, 0.15) is 20.3 Å². The van der Waals surface area contributed by atoms with Gasteiger partial charge in [-0.15, -0.1) is 0 Å². The molecule has 0 saturated carbocycles. The Hall–Kier alpha value is -2.57. The number of nitrogens with one attached hydrogen (secondary N) is 2. The molecule has 2 fully saturated rings. The van der Waals surface area contributed by atoms with Gasteiger partial charge in [0.05, 0.1) is 6.54 Å². The van der Waals surface area contributed by atoms with E-state index in [4.69, 9.17) is 0 Å². The molecule has 2 heterocycles. The predicted molar refractivity (Wildman–Crippen MR) is 93.9 cm³/mol. The highest BCUT2D eigenvalue weighted by molar-refractivity contribution is 5.98. The maximum atomic E-state index is 12.6. The van der Waals surface area contributed by atoms with Crippen molar-refractivity contribution in [1.29, 1.82) is 0 Å². The SMILES string of the molecule is CC(C)C[C@H]1NC(=O)[C@H]2CN(C(=O)Nc3ccccc3)CCN2C1=O. The lowest BCUT2D eigenvalue weighted by Gasteiger charge is -2.45.